The number of nitrogens with zero attached hydrogens (tertiary/aromatic N) is 2. The van der Waals surface area contributed by atoms with Gasteiger partial charge >= 0.3 is 0 Å². The molecule has 0 spiro atoms. The lowest BCUT2D eigenvalue weighted by molar-refractivity contribution is 0.441. The highest BCUT2D eigenvalue weighted by molar-refractivity contribution is 7.89. The summed E-state index contributed by atoms with van der Waals surface area (Å²) in [5.41, 5.74) is 6.51. The Hall–Kier alpha value is -2.93. The van der Waals surface area contributed by atoms with E-state index in [1.165, 1.54) is 6.07 Å². The van der Waals surface area contributed by atoms with Crippen LogP contribution in [0.4, 0.5) is 4.39 Å². The molecule has 0 unspecified atom stereocenters. The number of rotatable bonds is 5. The molecule has 5 rings (SSSR count). The van der Waals surface area contributed by atoms with Crippen LogP contribution in [0.1, 0.15) is 34.4 Å². The number of aryl methyl sites for hydroxylation is 2. The molecule has 4 nitrogen and oxygen atoms in total. The molecule has 3 aromatic carbocycles. The molecule has 2 heterocycles. The molecule has 7 heteroatoms. The Morgan fingerprint density at radius 3 is 2.36 bits per heavy atom. The molecule has 186 valence electrons. The maximum Gasteiger partial charge on any atom is 0.243 e. The Morgan fingerprint density at radius 2 is 1.69 bits per heavy atom. The van der Waals surface area contributed by atoms with Gasteiger partial charge in [0, 0.05) is 45.8 Å². The number of fused-ring (bicyclic) bond motifs is 1. The molecule has 0 N–H and O–H groups in total. The smallest absolute Gasteiger partial charge is 0.243 e. The molecule has 1 aliphatic heterocycles. The van der Waals surface area contributed by atoms with Crippen molar-refractivity contribution < 1.29 is 12.8 Å². The fraction of sp³-hybridized carbons (Fsp3) is 0.241. The number of sulfonamides is 1. The van der Waals surface area contributed by atoms with Crippen LogP contribution < -0.4 is 0 Å². The van der Waals surface area contributed by atoms with Crippen molar-refractivity contribution in [3.63, 3.8) is 0 Å². The molecule has 1 aromatic heterocycles. The first-order valence-corrected chi connectivity index (χ1v) is 13.8. The second-order valence-corrected chi connectivity index (χ2v) is 11.8. The summed E-state index contributed by atoms with van der Waals surface area (Å²) in [6.07, 6.45) is 2.61. The molecule has 36 heavy (non-hydrogen) atoms. The molecule has 0 atom stereocenters. The van der Waals surface area contributed by atoms with Gasteiger partial charge in [-0.05, 0) is 74.2 Å². The average molecular weight is 523 g/mol. The van der Waals surface area contributed by atoms with Crippen LogP contribution in [0.3, 0.4) is 0 Å². The summed E-state index contributed by atoms with van der Waals surface area (Å²) in [7, 11) is -3.58. The number of halogens is 2. The van der Waals surface area contributed by atoms with Crippen LogP contribution in [0.15, 0.2) is 71.6 Å². The van der Waals surface area contributed by atoms with Gasteiger partial charge in [0.1, 0.15) is 5.82 Å². The Morgan fingerprint density at radius 1 is 0.972 bits per heavy atom. The van der Waals surface area contributed by atoms with Crippen molar-refractivity contribution in [2.75, 3.05) is 13.1 Å². The number of hydrogen-bond acceptors (Lipinski definition) is 2. The van der Waals surface area contributed by atoms with E-state index in [1.54, 1.807) is 28.6 Å². The minimum atomic E-state index is -3.58. The van der Waals surface area contributed by atoms with E-state index in [9.17, 15) is 12.8 Å². The zero-order valence-electron chi connectivity index (χ0n) is 20.6. The van der Waals surface area contributed by atoms with E-state index in [-0.39, 0.29) is 5.82 Å². The van der Waals surface area contributed by atoms with Gasteiger partial charge in [0.2, 0.25) is 10.0 Å². The van der Waals surface area contributed by atoms with Gasteiger partial charge in [0.25, 0.3) is 0 Å². The molecule has 0 saturated heterocycles. The van der Waals surface area contributed by atoms with Gasteiger partial charge in [0.05, 0.1) is 11.4 Å². The molecule has 0 amide bonds. The predicted octanol–water partition coefficient (Wildman–Crippen LogP) is 6.89. The van der Waals surface area contributed by atoms with Crippen molar-refractivity contribution >= 4 is 38.1 Å². The van der Waals surface area contributed by atoms with Gasteiger partial charge in [0.15, 0.2) is 0 Å². The van der Waals surface area contributed by atoms with E-state index in [0.29, 0.717) is 41.5 Å². The topological polar surface area (TPSA) is 42.3 Å². The van der Waals surface area contributed by atoms with Crippen molar-refractivity contribution in [3.8, 4) is 0 Å². The summed E-state index contributed by atoms with van der Waals surface area (Å²) in [4.78, 5) is 0.339. The largest absolute Gasteiger partial charge is 0.340 e. The fourth-order valence-electron chi connectivity index (χ4n) is 5.21. The van der Waals surface area contributed by atoms with Crippen LogP contribution in [0.2, 0.25) is 5.02 Å². The lowest BCUT2D eigenvalue weighted by atomic mass is 9.97. The lowest BCUT2D eigenvalue weighted by Crippen LogP contribution is -2.34. The predicted molar refractivity (Wildman–Crippen MR) is 144 cm³/mol. The Labute approximate surface area is 216 Å². The summed E-state index contributed by atoms with van der Waals surface area (Å²) >= 11 is 6.34. The molecule has 4 aromatic rings. The quantitative estimate of drug-likeness (QED) is 0.286. The summed E-state index contributed by atoms with van der Waals surface area (Å²) in [6, 6.07) is 18.2. The second kappa shape index (κ2) is 9.51. The van der Waals surface area contributed by atoms with Crippen molar-refractivity contribution in [1.29, 1.82) is 0 Å². The third-order valence-electron chi connectivity index (χ3n) is 6.93. The van der Waals surface area contributed by atoms with E-state index in [0.717, 1.165) is 38.9 Å². The zero-order valence-corrected chi connectivity index (χ0v) is 22.1. The van der Waals surface area contributed by atoms with Crippen LogP contribution in [0, 0.1) is 26.6 Å². The van der Waals surface area contributed by atoms with E-state index in [1.807, 2.05) is 51.1 Å². The average Bonchev–Trinajstić information content (AvgIpc) is 3.12. The zero-order chi connectivity index (χ0) is 25.6. The first-order chi connectivity index (χ1) is 17.2. The molecule has 0 aliphatic carbocycles. The SMILES string of the molecule is Cc1cc(C)cc(S(=O)(=O)N2CC=C(c3c(C)n(Cc4c(F)cccc4Cl)c4ccccc34)CC2)c1. The van der Waals surface area contributed by atoms with Crippen molar-refractivity contribution in [1.82, 2.24) is 8.87 Å². The number of aromatic nitrogens is 1. The van der Waals surface area contributed by atoms with Crippen LogP contribution in [-0.4, -0.2) is 30.4 Å². The summed E-state index contributed by atoms with van der Waals surface area (Å²) < 4.78 is 44.9. The minimum Gasteiger partial charge on any atom is -0.340 e. The fourth-order valence-corrected chi connectivity index (χ4v) is 7.00. The van der Waals surface area contributed by atoms with Crippen LogP contribution in [0.25, 0.3) is 16.5 Å². The number of para-hydroxylation sites is 1. The lowest BCUT2D eigenvalue weighted by Gasteiger charge is -2.26. The van der Waals surface area contributed by atoms with Gasteiger partial charge in [-0.25, -0.2) is 12.8 Å². The van der Waals surface area contributed by atoms with Crippen LogP contribution in [0.5, 0.6) is 0 Å². The molecular formula is C29H28ClFN2O2S. The van der Waals surface area contributed by atoms with Gasteiger partial charge in [-0.15, -0.1) is 0 Å². The Bertz CT molecular complexity index is 1580. The summed E-state index contributed by atoms with van der Waals surface area (Å²) in [5, 5.41) is 1.47. The normalized spacial score (nSPS) is 14.9. The van der Waals surface area contributed by atoms with Crippen LogP contribution in [-0.2, 0) is 16.6 Å². The van der Waals surface area contributed by atoms with E-state index < -0.39 is 10.0 Å². The second-order valence-electron chi connectivity index (χ2n) is 9.43. The third-order valence-corrected chi connectivity index (χ3v) is 9.13. The highest BCUT2D eigenvalue weighted by atomic mass is 35.5. The Kier molecular flexibility index (Phi) is 6.54. The van der Waals surface area contributed by atoms with Gasteiger partial charge < -0.3 is 4.57 Å². The standard InChI is InChI=1S/C29H28ClFN2O2S/c1-19-15-20(2)17-23(16-19)36(34,35)32-13-11-22(12-14-32)29-21(3)33(28-10-5-4-7-24(28)29)18-25-26(30)8-6-9-27(25)31/h4-11,15-17H,12-14,18H2,1-3H3. The third kappa shape index (κ3) is 4.38. The highest BCUT2D eigenvalue weighted by Crippen LogP contribution is 2.36. The van der Waals surface area contributed by atoms with Crippen LogP contribution >= 0.6 is 11.6 Å². The molecule has 1 aliphatic rings. The maximum atomic E-state index is 14.6. The summed E-state index contributed by atoms with van der Waals surface area (Å²) in [6.45, 7) is 6.88. The van der Waals surface area contributed by atoms with E-state index >= 15 is 0 Å². The monoisotopic (exact) mass is 522 g/mol. The highest BCUT2D eigenvalue weighted by Gasteiger charge is 2.28. The Balaban J connectivity index is 1.51. The van der Waals surface area contributed by atoms with Crippen molar-refractivity contribution in [2.24, 2.45) is 0 Å². The van der Waals surface area contributed by atoms with Gasteiger partial charge in [-0.2, -0.15) is 4.31 Å². The van der Waals surface area contributed by atoms with Gasteiger partial charge in [-0.1, -0.05) is 48.0 Å². The van der Waals surface area contributed by atoms with Crippen molar-refractivity contribution in [3.05, 3.63) is 106 Å². The first-order valence-electron chi connectivity index (χ1n) is 12.0. The molecule has 0 fully saturated rings. The minimum absolute atomic E-state index is 0.308. The number of hydrogen-bond donors (Lipinski definition) is 0. The number of benzene rings is 3. The molecule has 0 bridgehead atoms. The molecular weight excluding hydrogens is 495 g/mol. The first kappa shape index (κ1) is 24.8. The van der Waals surface area contributed by atoms with E-state index in [2.05, 4.69) is 10.6 Å². The maximum absolute atomic E-state index is 14.6. The van der Waals surface area contributed by atoms with Gasteiger partial charge in [-0.3, -0.25) is 0 Å². The van der Waals surface area contributed by atoms with E-state index in [4.69, 9.17) is 11.6 Å². The summed E-state index contributed by atoms with van der Waals surface area (Å²) in [5.74, 6) is -0.328. The molecule has 0 saturated carbocycles. The van der Waals surface area contributed by atoms with Crippen molar-refractivity contribution in [2.45, 2.75) is 38.6 Å². The molecule has 0 radical (unpaired) electrons.